The highest BCUT2D eigenvalue weighted by Crippen LogP contribution is 2.14. The molecule has 0 saturated carbocycles. The summed E-state index contributed by atoms with van der Waals surface area (Å²) in [5.41, 5.74) is 5.94. The summed E-state index contributed by atoms with van der Waals surface area (Å²) in [5.74, 6) is -1.81. The molecule has 27 heavy (non-hydrogen) atoms. The molecule has 1 heterocycles. The predicted molar refractivity (Wildman–Crippen MR) is 95.7 cm³/mol. The first-order valence-corrected chi connectivity index (χ1v) is 7.81. The number of methoxy groups -OCH3 is 1. The number of amides is 1. The first-order chi connectivity index (χ1) is 12.9. The maximum atomic E-state index is 12.6. The number of hydrogen-bond donors (Lipinski definition) is 3. The summed E-state index contributed by atoms with van der Waals surface area (Å²) < 4.78 is 9.66. The van der Waals surface area contributed by atoms with Gasteiger partial charge in [-0.15, -0.1) is 0 Å². The molecule has 0 saturated heterocycles. The van der Waals surface area contributed by atoms with Gasteiger partial charge in [0.15, 0.2) is 12.4 Å². The fraction of sp³-hybridized carbons (Fsp3) is 0.167. The van der Waals surface area contributed by atoms with Crippen LogP contribution in [0.15, 0.2) is 48.8 Å². The van der Waals surface area contributed by atoms with Gasteiger partial charge in [-0.25, -0.2) is 4.79 Å². The van der Waals surface area contributed by atoms with Crippen LogP contribution >= 0.6 is 0 Å². The fourth-order valence-corrected chi connectivity index (χ4v) is 2.08. The molecule has 0 fully saturated rings. The van der Waals surface area contributed by atoms with Crippen LogP contribution in [-0.4, -0.2) is 48.2 Å². The van der Waals surface area contributed by atoms with E-state index in [0.29, 0.717) is 5.75 Å². The van der Waals surface area contributed by atoms with E-state index < -0.39 is 29.5 Å². The van der Waals surface area contributed by atoms with Crippen LogP contribution in [0.1, 0.15) is 20.7 Å². The zero-order valence-electron chi connectivity index (χ0n) is 14.5. The van der Waals surface area contributed by atoms with Crippen molar-refractivity contribution in [3.05, 3.63) is 59.9 Å². The van der Waals surface area contributed by atoms with Crippen molar-refractivity contribution in [3.63, 3.8) is 0 Å². The minimum atomic E-state index is -1.32. The van der Waals surface area contributed by atoms with Crippen LogP contribution in [0.2, 0.25) is 0 Å². The molecule has 2 rings (SSSR count). The van der Waals surface area contributed by atoms with Crippen LogP contribution in [-0.2, 0) is 9.53 Å². The average Bonchev–Trinajstić information content (AvgIpc) is 2.70. The van der Waals surface area contributed by atoms with Crippen LogP contribution in [0.25, 0.3) is 0 Å². The van der Waals surface area contributed by atoms with Gasteiger partial charge in [0.2, 0.25) is 0 Å². The number of ketones is 1. The molecule has 0 bridgehead atoms. The lowest BCUT2D eigenvalue weighted by Gasteiger charge is -2.16. The van der Waals surface area contributed by atoms with E-state index in [2.05, 4.69) is 15.0 Å². The standard InChI is InChI=1S/C18H18N4O5/c1-26-14(23)10-27-13-6-4-11(5-7-13)16(24)15(17(19)20)22-18(25)12-3-2-8-21-9-12/h2-9,15H,10H2,1H3,(H3,19,20)(H,22,25). The van der Waals surface area contributed by atoms with E-state index in [9.17, 15) is 14.4 Å². The van der Waals surface area contributed by atoms with E-state index in [1.165, 1.54) is 49.8 Å². The molecule has 9 heteroatoms. The zero-order chi connectivity index (χ0) is 19.8. The number of Topliss-reactive ketones (excluding diaryl/α,β-unsaturated/α-hetero) is 1. The van der Waals surface area contributed by atoms with Crippen molar-refractivity contribution in [2.24, 2.45) is 5.73 Å². The van der Waals surface area contributed by atoms with Crippen molar-refractivity contribution in [2.75, 3.05) is 13.7 Å². The number of nitrogens with zero attached hydrogens (tertiary/aromatic N) is 1. The molecule has 1 amide bonds. The number of carbonyl (C=O) groups excluding carboxylic acids is 3. The molecule has 2 aromatic rings. The van der Waals surface area contributed by atoms with Gasteiger partial charge in [0.25, 0.3) is 5.91 Å². The third kappa shape index (κ3) is 5.36. The monoisotopic (exact) mass is 370 g/mol. The summed E-state index contributed by atoms with van der Waals surface area (Å²) in [7, 11) is 1.25. The lowest BCUT2D eigenvalue weighted by atomic mass is 10.0. The smallest absolute Gasteiger partial charge is 0.343 e. The highest BCUT2D eigenvalue weighted by atomic mass is 16.6. The summed E-state index contributed by atoms with van der Waals surface area (Å²) in [6.07, 6.45) is 2.85. The summed E-state index contributed by atoms with van der Waals surface area (Å²) in [6.45, 7) is -0.263. The number of esters is 1. The Morgan fingerprint density at radius 3 is 2.44 bits per heavy atom. The normalized spacial score (nSPS) is 11.1. The molecule has 1 aromatic heterocycles. The highest BCUT2D eigenvalue weighted by molar-refractivity contribution is 6.16. The minimum absolute atomic E-state index is 0.215. The number of nitrogens with two attached hydrogens (primary N) is 1. The van der Waals surface area contributed by atoms with Crippen molar-refractivity contribution < 1.29 is 23.9 Å². The first-order valence-electron chi connectivity index (χ1n) is 7.81. The highest BCUT2D eigenvalue weighted by Gasteiger charge is 2.25. The van der Waals surface area contributed by atoms with Crippen LogP contribution in [0.4, 0.5) is 0 Å². The lowest BCUT2D eigenvalue weighted by molar-refractivity contribution is -0.142. The molecular formula is C18H18N4O5. The predicted octanol–water partition coefficient (Wildman–Crippen LogP) is 0.551. The molecule has 4 N–H and O–H groups in total. The Hall–Kier alpha value is -3.75. The number of carbonyl (C=O) groups is 3. The molecule has 0 radical (unpaired) electrons. The average molecular weight is 370 g/mol. The van der Waals surface area contributed by atoms with E-state index in [1.807, 2.05) is 0 Å². The zero-order valence-corrected chi connectivity index (χ0v) is 14.5. The SMILES string of the molecule is COC(=O)COc1ccc(C(=O)C(NC(=O)c2cccnc2)C(=N)N)cc1. The van der Waals surface area contributed by atoms with E-state index in [-0.39, 0.29) is 17.7 Å². The number of hydrogen-bond acceptors (Lipinski definition) is 7. The van der Waals surface area contributed by atoms with Crippen molar-refractivity contribution >= 4 is 23.5 Å². The third-order valence-electron chi connectivity index (χ3n) is 3.50. The van der Waals surface area contributed by atoms with Gasteiger partial charge in [0.1, 0.15) is 17.6 Å². The molecule has 0 spiro atoms. The Morgan fingerprint density at radius 1 is 1.19 bits per heavy atom. The van der Waals surface area contributed by atoms with Gasteiger partial charge in [-0.05, 0) is 36.4 Å². The molecule has 9 nitrogen and oxygen atoms in total. The van der Waals surface area contributed by atoms with Gasteiger partial charge in [0.05, 0.1) is 12.7 Å². The summed E-state index contributed by atoms with van der Waals surface area (Å²) in [5, 5.41) is 10.0. The molecular weight excluding hydrogens is 352 g/mol. The number of benzene rings is 1. The number of ether oxygens (including phenoxy) is 2. The van der Waals surface area contributed by atoms with Crippen molar-refractivity contribution in [2.45, 2.75) is 6.04 Å². The Morgan fingerprint density at radius 2 is 1.89 bits per heavy atom. The van der Waals surface area contributed by atoms with E-state index in [4.69, 9.17) is 15.9 Å². The third-order valence-corrected chi connectivity index (χ3v) is 3.50. The molecule has 1 unspecified atom stereocenters. The van der Waals surface area contributed by atoms with E-state index in [0.717, 1.165) is 0 Å². The van der Waals surface area contributed by atoms with Gasteiger partial charge < -0.3 is 20.5 Å². The number of rotatable bonds is 8. The number of aromatic nitrogens is 1. The Balaban J connectivity index is 2.09. The fourth-order valence-electron chi connectivity index (χ4n) is 2.08. The second kappa shape index (κ2) is 9.09. The van der Waals surface area contributed by atoms with Gasteiger partial charge >= 0.3 is 5.97 Å². The van der Waals surface area contributed by atoms with Gasteiger partial charge in [0, 0.05) is 18.0 Å². The summed E-state index contributed by atoms with van der Waals surface area (Å²) in [4.78, 5) is 39.7. The molecule has 0 aliphatic rings. The number of pyridine rings is 1. The quantitative estimate of drug-likeness (QED) is 0.266. The Kier molecular flexibility index (Phi) is 6.59. The van der Waals surface area contributed by atoms with Crippen molar-refractivity contribution in [3.8, 4) is 5.75 Å². The largest absolute Gasteiger partial charge is 0.482 e. The van der Waals surface area contributed by atoms with Crippen LogP contribution in [0.3, 0.4) is 0 Å². The number of nitrogens with one attached hydrogen (secondary N) is 2. The van der Waals surface area contributed by atoms with Crippen molar-refractivity contribution in [1.29, 1.82) is 5.41 Å². The van der Waals surface area contributed by atoms with Gasteiger partial charge in [-0.1, -0.05) is 0 Å². The molecule has 1 atom stereocenters. The second-order valence-corrected chi connectivity index (χ2v) is 5.36. The number of amidine groups is 1. The lowest BCUT2D eigenvalue weighted by Crippen LogP contribution is -2.49. The van der Waals surface area contributed by atoms with E-state index >= 15 is 0 Å². The van der Waals surface area contributed by atoms with E-state index in [1.54, 1.807) is 6.07 Å². The van der Waals surface area contributed by atoms with Crippen molar-refractivity contribution in [1.82, 2.24) is 10.3 Å². The Bertz CT molecular complexity index is 837. The molecule has 140 valence electrons. The van der Waals surface area contributed by atoms with Crippen LogP contribution in [0.5, 0.6) is 5.75 Å². The summed E-state index contributed by atoms with van der Waals surface area (Å²) >= 11 is 0. The first kappa shape index (κ1) is 19.6. The maximum Gasteiger partial charge on any atom is 0.343 e. The second-order valence-electron chi connectivity index (χ2n) is 5.36. The van der Waals surface area contributed by atoms with Crippen LogP contribution < -0.4 is 15.8 Å². The summed E-state index contributed by atoms with van der Waals surface area (Å²) in [6, 6.07) is 7.64. The molecule has 0 aliphatic carbocycles. The topological polar surface area (TPSA) is 144 Å². The van der Waals surface area contributed by atoms with Gasteiger partial charge in [-0.3, -0.25) is 20.0 Å². The molecule has 0 aliphatic heterocycles. The molecule has 1 aromatic carbocycles. The maximum absolute atomic E-state index is 12.6. The van der Waals surface area contributed by atoms with Gasteiger partial charge in [-0.2, -0.15) is 0 Å². The van der Waals surface area contributed by atoms with Crippen LogP contribution in [0, 0.1) is 5.41 Å². The minimum Gasteiger partial charge on any atom is -0.482 e. The Labute approximate surface area is 155 Å².